The summed E-state index contributed by atoms with van der Waals surface area (Å²) in [6.07, 6.45) is 0. The first-order valence-electron chi connectivity index (χ1n) is 3.73. The van der Waals surface area contributed by atoms with Gasteiger partial charge in [-0.1, -0.05) is 6.92 Å². The zero-order chi connectivity index (χ0) is 7.84. The first-order chi connectivity index (χ1) is 5.27. The zero-order valence-corrected chi connectivity index (χ0v) is 7.19. The summed E-state index contributed by atoms with van der Waals surface area (Å²) in [6, 6.07) is 5.63. The van der Waals surface area contributed by atoms with Crippen LogP contribution in [0.15, 0.2) is 23.1 Å². The van der Waals surface area contributed by atoms with Gasteiger partial charge in [-0.3, -0.25) is 0 Å². The third kappa shape index (κ3) is 1.11. The van der Waals surface area contributed by atoms with Gasteiger partial charge in [0.1, 0.15) is 5.75 Å². The largest absolute Gasteiger partial charge is 0.508 e. The maximum Gasteiger partial charge on any atom is 0.115 e. The summed E-state index contributed by atoms with van der Waals surface area (Å²) in [6.45, 7) is 2.19. The van der Waals surface area contributed by atoms with E-state index in [1.807, 2.05) is 23.9 Å². The SMILES string of the molecule is CC1CSc2ccc(O)cc21. The molecule has 0 aromatic heterocycles. The molecule has 0 saturated heterocycles. The fourth-order valence-electron chi connectivity index (χ4n) is 1.36. The van der Waals surface area contributed by atoms with Crippen LogP contribution in [0.1, 0.15) is 18.4 Å². The predicted molar refractivity (Wildman–Crippen MR) is 47.2 cm³/mol. The molecule has 1 aliphatic rings. The van der Waals surface area contributed by atoms with Gasteiger partial charge in [-0.2, -0.15) is 0 Å². The van der Waals surface area contributed by atoms with E-state index >= 15 is 0 Å². The number of rotatable bonds is 0. The standard InChI is InChI=1S/C9H10OS/c1-6-5-11-9-3-2-7(10)4-8(6)9/h2-4,6,10H,5H2,1H3. The summed E-state index contributed by atoms with van der Waals surface area (Å²) < 4.78 is 0. The fraction of sp³-hybridized carbons (Fsp3) is 0.333. The summed E-state index contributed by atoms with van der Waals surface area (Å²) in [5.74, 6) is 2.14. The molecule has 1 heterocycles. The number of hydrogen-bond donors (Lipinski definition) is 1. The second kappa shape index (κ2) is 2.45. The molecule has 0 aliphatic carbocycles. The van der Waals surface area contributed by atoms with E-state index in [2.05, 4.69) is 6.92 Å². The van der Waals surface area contributed by atoms with Gasteiger partial charge in [0.05, 0.1) is 0 Å². The van der Waals surface area contributed by atoms with Crippen LogP contribution in [-0.2, 0) is 0 Å². The van der Waals surface area contributed by atoms with Crippen molar-refractivity contribution < 1.29 is 5.11 Å². The zero-order valence-electron chi connectivity index (χ0n) is 6.37. The summed E-state index contributed by atoms with van der Waals surface area (Å²) in [5, 5.41) is 9.20. The van der Waals surface area contributed by atoms with Crippen LogP contribution in [0.25, 0.3) is 0 Å². The number of hydrogen-bond acceptors (Lipinski definition) is 2. The molecule has 2 rings (SSSR count). The van der Waals surface area contributed by atoms with E-state index in [9.17, 15) is 5.11 Å². The van der Waals surface area contributed by atoms with Crippen LogP contribution in [0.4, 0.5) is 0 Å². The Balaban J connectivity index is 2.52. The highest BCUT2D eigenvalue weighted by Gasteiger charge is 2.18. The van der Waals surface area contributed by atoms with E-state index in [-0.39, 0.29) is 0 Å². The van der Waals surface area contributed by atoms with Gasteiger partial charge in [-0.15, -0.1) is 11.8 Å². The van der Waals surface area contributed by atoms with E-state index in [4.69, 9.17) is 0 Å². The Morgan fingerprint density at radius 1 is 1.55 bits per heavy atom. The first kappa shape index (κ1) is 7.04. The highest BCUT2D eigenvalue weighted by molar-refractivity contribution is 7.99. The molecule has 0 amide bonds. The van der Waals surface area contributed by atoms with Crippen LogP contribution in [-0.4, -0.2) is 10.9 Å². The van der Waals surface area contributed by atoms with Gasteiger partial charge >= 0.3 is 0 Å². The molecular weight excluding hydrogens is 156 g/mol. The second-order valence-corrected chi connectivity index (χ2v) is 4.00. The summed E-state index contributed by atoms with van der Waals surface area (Å²) >= 11 is 1.87. The lowest BCUT2D eigenvalue weighted by Crippen LogP contribution is -1.87. The lowest BCUT2D eigenvalue weighted by molar-refractivity contribution is 0.473. The smallest absolute Gasteiger partial charge is 0.115 e. The molecule has 0 saturated carbocycles. The third-order valence-electron chi connectivity index (χ3n) is 2.01. The maximum atomic E-state index is 9.20. The second-order valence-electron chi connectivity index (χ2n) is 2.93. The van der Waals surface area contributed by atoms with Crippen LogP contribution in [0, 0.1) is 0 Å². The summed E-state index contributed by atoms with van der Waals surface area (Å²) in [7, 11) is 0. The van der Waals surface area contributed by atoms with Crippen molar-refractivity contribution in [2.24, 2.45) is 0 Å². The fourth-order valence-corrected chi connectivity index (χ4v) is 2.56. The van der Waals surface area contributed by atoms with E-state index < -0.39 is 0 Å². The molecule has 1 N–H and O–H groups in total. The number of phenolic OH excluding ortho intramolecular Hbond substituents is 1. The predicted octanol–water partition coefficient (Wildman–Crippen LogP) is 2.60. The quantitative estimate of drug-likeness (QED) is 0.639. The Labute approximate surface area is 70.4 Å². The minimum absolute atomic E-state index is 0.387. The van der Waals surface area contributed by atoms with E-state index in [0.29, 0.717) is 11.7 Å². The molecule has 1 nitrogen and oxygen atoms in total. The van der Waals surface area contributed by atoms with Crippen molar-refractivity contribution in [3.05, 3.63) is 23.8 Å². The Hall–Kier alpha value is -0.630. The number of thioether (sulfide) groups is 1. The number of phenols is 1. The maximum absolute atomic E-state index is 9.20. The third-order valence-corrected chi connectivity index (χ3v) is 3.36. The van der Waals surface area contributed by atoms with E-state index in [0.717, 1.165) is 5.75 Å². The van der Waals surface area contributed by atoms with Crippen LogP contribution in [0.3, 0.4) is 0 Å². The molecule has 1 atom stereocenters. The van der Waals surface area contributed by atoms with Crippen LogP contribution < -0.4 is 0 Å². The van der Waals surface area contributed by atoms with Gasteiger partial charge in [0.25, 0.3) is 0 Å². The Morgan fingerprint density at radius 3 is 3.18 bits per heavy atom. The van der Waals surface area contributed by atoms with Crippen LogP contribution >= 0.6 is 11.8 Å². The Kier molecular flexibility index (Phi) is 1.57. The minimum atomic E-state index is 0.387. The Morgan fingerprint density at radius 2 is 2.36 bits per heavy atom. The molecule has 0 radical (unpaired) electrons. The molecule has 1 aliphatic heterocycles. The van der Waals surface area contributed by atoms with Crippen molar-refractivity contribution in [3.63, 3.8) is 0 Å². The van der Waals surface area contributed by atoms with Crippen LogP contribution in [0.2, 0.25) is 0 Å². The molecule has 0 bridgehead atoms. The van der Waals surface area contributed by atoms with Gasteiger partial charge in [0, 0.05) is 10.6 Å². The number of benzene rings is 1. The van der Waals surface area contributed by atoms with Gasteiger partial charge in [0.2, 0.25) is 0 Å². The minimum Gasteiger partial charge on any atom is -0.508 e. The van der Waals surface area contributed by atoms with Crippen molar-refractivity contribution in [1.29, 1.82) is 0 Å². The monoisotopic (exact) mass is 166 g/mol. The Bertz CT molecular complexity index is 283. The lowest BCUT2D eigenvalue weighted by atomic mass is 10.0. The van der Waals surface area contributed by atoms with Crippen molar-refractivity contribution in [1.82, 2.24) is 0 Å². The highest BCUT2D eigenvalue weighted by Crippen LogP contribution is 2.40. The van der Waals surface area contributed by atoms with Crippen molar-refractivity contribution in [2.75, 3.05) is 5.75 Å². The van der Waals surface area contributed by atoms with E-state index in [1.54, 1.807) is 6.07 Å². The number of aromatic hydroxyl groups is 1. The van der Waals surface area contributed by atoms with Gasteiger partial charge in [-0.05, 0) is 29.7 Å². The molecular formula is C9H10OS. The molecule has 58 valence electrons. The lowest BCUT2D eigenvalue weighted by Gasteiger charge is -2.02. The van der Waals surface area contributed by atoms with Gasteiger partial charge in [0.15, 0.2) is 0 Å². The molecule has 11 heavy (non-hydrogen) atoms. The van der Waals surface area contributed by atoms with Crippen LogP contribution in [0.5, 0.6) is 5.75 Å². The topological polar surface area (TPSA) is 20.2 Å². The molecule has 0 spiro atoms. The molecule has 2 heteroatoms. The van der Waals surface area contributed by atoms with Crippen molar-refractivity contribution in [3.8, 4) is 5.75 Å². The summed E-state index contributed by atoms with van der Waals surface area (Å²) in [4.78, 5) is 1.33. The molecule has 0 fully saturated rings. The molecule has 1 unspecified atom stereocenters. The average Bonchev–Trinajstić information content (AvgIpc) is 2.33. The first-order valence-corrected chi connectivity index (χ1v) is 4.71. The number of fused-ring (bicyclic) bond motifs is 1. The average molecular weight is 166 g/mol. The van der Waals surface area contributed by atoms with Crippen molar-refractivity contribution in [2.45, 2.75) is 17.7 Å². The molecule has 1 aromatic rings. The van der Waals surface area contributed by atoms with Gasteiger partial charge < -0.3 is 5.11 Å². The summed E-state index contributed by atoms with van der Waals surface area (Å²) in [5.41, 5.74) is 1.30. The van der Waals surface area contributed by atoms with Gasteiger partial charge in [-0.25, -0.2) is 0 Å². The highest BCUT2D eigenvalue weighted by atomic mass is 32.2. The molecule has 1 aromatic carbocycles. The normalized spacial score (nSPS) is 21.7. The van der Waals surface area contributed by atoms with Crippen molar-refractivity contribution >= 4 is 11.8 Å². The van der Waals surface area contributed by atoms with E-state index in [1.165, 1.54) is 10.5 Å².